The molecule has 1 aromatic carbocycles. The molecule has 122 valence electrons. The Labute approximate surface area is 135 Å². The molecule has 6 nitrogen and oxygen atoms in total. The second-order valence-electron chi connectivity index (χ2n) is 4.85. The fourth-order valence-electron chi connectivity index (χ4n) is 1.86. The maximum atomic E-state index is 13.5. The van der Waals surface area contributed by atoms with Crippen LogP contribution in [0.25, 0.3) is 0 Å². The van der Waals surface area contributed by atoms with Crippen molar-refractivity contribution in [2.45, 2.75) is 26.1 Å². The van der Waals surface area contributed by atoms with E-state index in [2.05, 4.69) is 9.98 Å². The molecule has 0 spiro atoms. The zero-order valence-electron chi connectivity index (χ0n) is 11.8. The number of hydrogen-bond acceptors (Lipinski definition) is 6. The van der Waals surface area contributed by atoms with Crippen LogP contribution < -0.4 is 11.5 Å². The molecule has 22 heavy (non-hydrogen) atoms. The average molecular weight is 382 g/mol. The average Bonchev–Trinajstić information content (AvgIpc) is 2.29. The van der Waals surface area contributed by atoms with Crippen LogP contribution in [0.4, 0.5) is 13.2 Å². The second-order valence-corrected chi connectivity index (χ2v) is 4.85. The maximum absolute atomic E-state index is 13.5. The molecule has 1 aliphatic heterocycles. The third-order valence-electron chi connectivity index (χ3n) is 2.77. The Kier molecular flexibility index (Phi) is 5.41. The first-order valence-electron chi connectivity index (χ1n) is 5.97. The molecular formula is C12H15BrF3N5O. The smallest absolute Gasteiger partial charge is 0.226 e. The van der Waals surface area contributed by atoms with Crippen LogP contribution >= 0.6 is 17.0 Å². The van der Waals surface area contributed by atoms with Crippen molar-refractivity contribution in [3.05, 3.63) is 35.1 Å². The topological polar surface area (TPSA) is 89.2 Å². The molecule has 0 aromatic heterocycles. The standard InChI is InChI=1S/C12H14F3N5O.BrH/c1-12(2)19-10(16)18-11(17)20(12)21-5-7-8(14)3-6(13)4-9(7)15;/h3-4H,5H2,1-2H3,(H4,16,17,18,19);1H. The van der Waals surface area contributed by atoms with E-state index in [1.54, 1.807) is 13.8 Å². The zero-order valence-corrected chi connectivity index (χ0v) is 13.5. The molecule has 0 saturated carbocycles. The lowest BCUT2D eigenvalue weighted by Crippen LogP contribution is -2.53. The molecule has 1 aliphatic rings. The number of halogens is 4. The normalized spacial score (nSPS) is 16.7. The molecular weight excluding hydrogens is 367 g/mol. The lowest BCUT2D eigenvalue weighted by atomic mass is 10.2. The Hall–Kier alpha value is -1.81. The summed E-state index contributed by atoms with van der Waals surface area (Å²) < 4.78 is 39.9. The van der Waals surface area contributed by atoms with Gasteiger partial charge in [-0.1, -0.05) is 0 Å². The number of aliphatic imine (C=N–C) groups is 2. The van der Waals surface area contributed by atoms with Crippen LogP contribution in [0, 0.1) is 17.5 Å². The van der Waals surface area contributed by atoms with Crippen LogP contribution in [0.5, 0.6) is 0 Å². The third kappa shape index (κ3) is 3.69. The number of hydroxylamine groups is 2. The maximum Gasteiger partial charge on any atom is 0.226 e. The summed E-state index contributed by atoms with van der Waals surface area (Å²) in [5.74, 6) is -3.25. The lowest BCUT2D eigenvalue weighted by Gasteiger charge is -2.36. The lowest BCUT2D eigenvalue weighted by molar-refractivity contribution is -0.168. The molecule has 0 saturated heterocycles. The first-order chi connectivity index (χ1) is 9.70. The van der Waals surface area contributed by atoms with Gasteiger partial charge in [-0.3, -0.25) is 4.84 Å². The molecule has 0 bridgehead atoms. The number of benzene rings is 1. The summed E-state index contributed by atoms with van der Waals surface area (Å²) in [4.78, 5) is 13.0. The van der Waals surface area contributed by atoms with Crippen molar-refractivity contribution in [1.82, 2.24) is 5.06 Å². The predicted molar refractivity (Wildman–Crippen MR) is 80.6 cm³/mol. The Morgan fingerprint density at radius 2 is 1.73 bits per heavy atom. The van der Waals surface area contributed by atoms with E-state index < -0.39 is 35.3 Å². The monoisotopic (exact) mass is 381 g/mol. The van der Waals surface area contributed by atoms with E-state index in [0.29, 0.717) is 12.1 Å². The Morgan fingerprint density at radius 1 is 1.18 bits per heavy atom. The Morgan fingerprint density at radius 3 is 2.23 bits per heavy atom. The van der Waals surface area contributed by atoms with Gasteiger partial charge in [0.05, 0.1) is 5.56 Å². The number of hydrogen-bond donors (Lipinski definition) is 2. The van der Waals surface area contributed by atoms with Crippen LogP contribution in [-0.2, 0) is 11.4 Å². The number of nitrogens with two attached hydrogens (primary N) is 2. The second kappa shape index (κ2) is 6.53. The van der Waals surface area contributed by atoms with Gasteiger partial charge >= 0.3 is 0 Å². The van der Waals surface area contributed by atoms with Crippen LogP contribution in [0.1, 0.15) is 19.4 Å². The van der Waals surface area contributed by atoms with Gasteiger partial charge in [-0.25, -0.2) is 18.2 Å². The fraction of sp³-hybridized carbons (Fsp3) is 0.333. The van der Waals surface area contributed by atoms with E-state index in [-0.39, 0.29) is 28.9 Å². The van der Waals surface area contributed by atoms with E-state index in [9.17, 15) is 13.2 Å². The van der Waals surface area contributed by atoms with E-state index in [0.717, 1.165) is 5.06 Å². The van der Waals surface area contributed by atoms with E-state index in [4.69, 9.17) is 16.3 Å². The molecule has 0 fully saturated rings. The van der Waals surface area contributed by atoms with Crippen molar-refractivity contribution in [2.75, 3.05) is 0 Å². The molecule has 10 heteroatoms. The molecule has 0 radical (unpaired) electrons. The molecule has 2 rings (SSSR count). The predicted octanol–water partition coefficient (Wildman–Crippen LogP) is 1.79. The molecule has 4 N–H and O–H groups in total. The third-order valence-corrected chi connectivity index (χ3v) is 2.77. The van der Waals surface area contributed by atoms with Crippen molar-refractivity contribution in [3.8, 4) is 0 Å². The number of nitrogens with zero attached hydrogens (tertiary/aromatic N) is 3. The highest BCUT2D eigenvalue weighted by Crippen LogP contribution is 2.22. The SMILES string of the molecule is Br.CC1(C)N=C(N)N=C(N)N1OCc1c(F)cc(F)cc1F. The van der Waals surface area contributed by atoms with Gasteiger partial charge in [0, 0.05) is 12.1 Å². The largest absolute Gasteiger partial charge is 0.368 e. The Balaban J connectivity index is 0.00000242. The summed E-state index contributed by atoms with van der Waals surface area (Å²) in [7, 11) is 0. The highest BCUT2D eigenvalue weighted by atomic mass is 79.9. The molecule has 0 atom stereocenters. The van der Waals surface area contributed by atoms with Gasteiger partial charge in [0.2, 0.25) is 11.9 Å². The van der Waals surface area contributed by atoms with Crippen molar-refractivity contribution in [3.63, 3.8) is 0 Å². The fourth-order valence-corrected chi connectivity index (χ4v) is 1.86. The van der Waals surface area contributed by atoms with Gasteiger partial charge in [0.25, 0.3) is 0 Å². The van der Waals surface area contributed by atoms with Crippen molar-refractivity contribution in [1.29, 1.82) is 0 Å². The van der Waals surface area contributed by atoms with Gasteiger partial charge < -0.3 is 11.5 Å². The number of guanidine groups is 2. The van der Waals surface area contributed by atoms with Gasteiger partial charge in [-0.15, -0.1) is 17.0 Å². The summed E-state index contributed by atoms with van der Waals surface area (Å²) in [6, 6.07) is 1.13. The van der Waals surface area contributed by atoms with Crippen LogP contribution in [0.3, 0.4) is 0 Å². The van der Waals surface area contributed by atoms with E-state index in [1.165, 1.54) is 0 Å². The van der Waals surface area contributed by atoms with Crippen molar-refractivity contribution < 1.29 is 18.0 Å². The molecule has 0 aliphatic carbocycles. The molecule has 0 amide bonds. The van der Waals surface area contributed by atoms with Gasteiger partial charge in [0.1, 0.15) is 24.1 Å². The minimum absolute atomic E-state index is 0. The van der Waals surface area contributed by atoms with Crippen LogP contribution in [0.15, 0.2) is 22.1 Å². The van der Waals surface area contributed by atoms with Crippen LogP contribution in [-0.4, -0.2) is 22.6 Å². The van der Waals surface area contributed by atoms with E-state index >= 15 is 0 Å². The molecule has 0 unspecified atom stereocenters. The molecule has 1 aromatic rings. The first-order valence-corrected chi connectivity index (χ1v) is 5.97. The summed E-state index contributed by atoms with van der Waals surface area (Å²) in [5.41, 5.74) is 9.70. The Bertz CT molecular complexity index is 612. The highest BCUT2D eigenvalue weighted by molar-refractivity contribution is 8.93. The first kappa shape index (κ1) is 18.2. The van der Waals surface area contributed by atoms with Crippen LogP contribution in [0.2, 0.25) is 0 Å². The highest BCUT2D eigenvalue weighted by Gasteiger charge is 2.33. The zero-order chi connectivity index (χ0) is 15.8. The van der Waals surface area contributed by atoms with Gasteiger partial charge in [0.15, 0.2) is 5.66 Å². The minimum atomic E-state index is -1.05. The molecule has 1 heterocycles. The summed E-state index contributed by atoms with van der Waals surface area (Å²) in [5, 5.41) is 1.07. The van der Waals surface area contributed by atoms with Crippen molar-refractivity contribution >= 4 is 28.9 Å². The number of rotatable bonds is 3. The summed E-state index contributed by atoms with van der Waals surface area (Å²) in [6.07, 6.45) is 0. The van der Waals surface area contributed by atoms with Gasteiger partial charge in [-0.05, 0) is 13.8 Å². The van der Waals surface area contributed by atoms with Crippen molar-refractivity contribution in [2.24, 2.45) is 21.5 Å². The van der Waals surface area contributed by atoms with Gasteiger partial charge in [-0.2, -0.15) is 10.1 Å². The summed E-state index contributed by atoms with van der Waals surface area (Å²) in [6.45, 7) is 2.74. The quantitative estimate of drug-likeness (QED) is 0.835. The summed E-state index contributed by atoms with van der Waals surface area (Å²) >= 11 is 0. The van der Waals surface area contributed by atoms with E-state index in [1.807, 2.05) is 0 Å². The minimum Gasteiger partial charge on any atom is -0.368 e.